The summed E-state index contributed by atoms with van der Waals surface area (Å²) in [6.07, 6.45) is 1.18. The van der Waals surface area contributed by atoms with Crippen LogP contribution in [0.25, 0.3) is 0 Å². The first-order valence-corrected chi connectivity index (χ1v) is 7.82. The van der Waals surface area contributed by atoms with Crippen LogP contribution in [0.5, 0.6) is 5.75 Å². The Hall–Kier alpha value is -1.07. The van der Waals surface area contributed by atoms with Gasteiger partial charge in [0, 0.05) is 32.6 Å². The molecule has 0 saturated heterocycles. The lowest BCUT2D eigenvalue weighted by atomic mass is 10.00. The fraction of sp³-hybridized carbons (Fsp3) is 0.188. The summed E-state index contributed by atoms with van der Waals surface area (Å²) in [5, 5.41) is 0.666. The van der Waals surface area contributed by atoms with Crippen molar-refractivity contribution in [2.75, 3.05) is 6.61 Å². The third-order valence-electron chi connectivity index (χ3n) is 3.34. The number of ketones is 1. The average molecular weight is 399 g/mol. The van der Waals surface area contributed by atoms with Crippen LogP contribution in [0, 0.1) is 3.57 Å². The van der Waals surface area contributed by atoms with Gasteiger partial charge in [0.1, 0.15) is 5.75 Å². The number of benzene rings is 2. The molecule has 0 atom stereocenters. The van der Waals surface area contributed by atoms with Crippen LogP contribution in [0.15, 0.2) is 36.4 Å². The third-order valence-corrected chi connectivity index (χ3v) is 4.28. The fourth-order valence-electron chi connectivity index (χ4n) is 2.39. The van der Waals surface area contributed by atoms with E-state index < -0.39 is 0 Å². The molecule has 0 spiro atoms. The second-order valence-electron chi connectivity index (χ2n) is 4.76. The highest BCUT2D eigenvalue weighted by Crippen LogP contribution is 2.33. The number of carbonyl (C=O) groups excluding carboxylic acids is 1. The number of ether oxygens (including phenoxy) is 1. The summed E-state index contributed by atoms with van der Waals surface area (Å²) in [6.45, 7) is 0.667. The van der Waals surface area contributed by atoms with Gasteiger partial charge in [0.25, 0.3) is 0 Å². The monoisotopic (exact) mass is 398 g/mol. The van der Waals surface area contributed by atoms with Crippen LogP contribution < -0.4 is 4.74 Å². The van der Waals surface area contributed by atoms with E-state index in [1.165, 1.54) is 0 Å². The fourth-order valence-corrected chi connectivity index (χ4v) is 3.01. The maximum Gasteiger partial charge on any atom is 0.167 e. The molecule has 1 aliphatic rings. The predicted molar refractivity (Wildman–Crippen MR) is 87.8 cm³/mol. The molecule has 0 radical (unpaired) electrons. The van der Waals surface area contributed by atoms with Gasteiger partial charge in [-0.05, 0) is 52.4 Å². The van der Waals surface area contributed by atoms with Gasteiger partial charge in [-0.25, -0.2) is 0 Å². The molecule has 2 nitrogen and oxygen atoms in total. The first-order valence-electron chi connectivity index (χ1n) is 6.36. The minimum absolute atomic E-state index is 0.0846. The summed E-state index contributed by atoms with van der Waals surface area (Å²) in [6, 6.07) is 11.3. The lowest BCUT2D eigenvalue weighted by Gasteiger charge is -2.08. The molecule has 1 aliphatic heterocycles. The molecule has 0 bridgehead atoms. The molecular formula is C16H12ClIO2. The third kappa shape index (κ3) is 2.83. The second kappa shape index (κ2) is 5.74. The minimum Gasteiger partial charge on any atom is -0.493 e. The second-order valence-corrected chi connectivity index (χ2v) is 6.44. The Balaban J connectivity index is 1.88. The van der Waals surface area contributed by atoms with Crippen molar-refractivity contribution in [3.63, 3.8) is 0 Å². The molecule has 2 aromatic rings. The van der Waals surface area contributed by atoms with Gasteiger partial charge in [-0.15, -0.1) is 0 Å². The van der Waals surface area contributed by atoms with Crippen molar-refractivity contribution in [3.05, 3.63) is 61.7 Å². The minimum atomic E-state index is 0.0846. The van der Waals surface area contributed by atoms with E-state index in [9.17, 15) is 4.79 Å². The number of fused-ring (bicyclic) bond motifs is 1. The van der Waals surface area contributed by atoms with Gasteiger partial charge in [-0.2, -0.15) is 0 Å². The molecule has 2 aromatic carbocycles. The number of carbonyl (C=O) groups is 1. The Bertz CT molecular complexity index is 665. The van der Waals surface area contributed by atoms with Gasteiger partial charge in [0.15, 0.2) is 5.78 Å². The lowest BCUT2D eigenvalue weighted by Crippen LogP contribution is -2.05. The Kier molecular flexibility index (Phi) is 3.98. The molecule has 3 rings (SSSR count). The Labute approximate surface area is 136 Å². The van der Waals surface area contributed by atoms with Crippen molar-refractivity contribution in [1.82, 2.24) is 0 Å². The van der Waals surface area contributed by atoms with Gasteiger partial charge in [-0.3, -0.25) is 4.79 Å². The van der Waals surface area contributed by atoms with Crippen molar-refractivity contribution in [1.29, 1.82) is 0 Å². The van der Waals surface area contributed by atoms with Crippen LogP contribution in [0.3, 0.4) is 0 Å². The van der Waals surface area contributed by atoms with E-state index in [1.54, 1.807) is 0 Å². The molecule has 0 aromatic heterocycles. The van der Waals surface area contributed by atoms with Crippen LogP contribution in [-0.4, -0.2) is 12.4 Å². The molecule has 0 N–H and O–H groups in total. The maximum absolute atomic E-state index is 12.3. The van der Waals surface area contributed by atoms with Crippen molar-refractivity contribution < 1.29 is 9.53 Å². The largest absolute Gasteiger partial charge is 0.493 e. The maximum atomic E-state index is 12.3. The molecule has 20 heavy (non-hydrogen) atoms. The highest BCUT2D eigenvalue weighted by atomic mass is 127. The molecule has 0 aliphatic carbocycles. The lowest BCUT2D eigenvalue weighted by molar-refractivity contribution is 0.0992. The van der Waals surface area contributed by atoms with Crippen LogP contribution in [-0.2, 0) is 12.8 Å². The average Bonchev–Trinajstić information content (AvgIpc) is 2.87. The zero-order chi connectivity index (χ0) is 14.1. The van der Waals surface area contributed by atoms with E-state index >= 15 is 0 Å². The first kappa shape index (κ1) is 13.9. The van der Waals surface area contributed by atoms with E-state index in [1.807, 2.05) is 36.4 Å². The van der Waals surface area contributed by atoms with E-state index in [4.69, 9.17) is 16.3 Å². The molecule has 1 heterocycles. The molecular weight excluding hydrogens is 387 g/mol. The first-order chi connectivity index (χ1) is 9.63. The summed E-state index contributed by atoms with van der Waals surface area (Å²) < 4.78 is 6.75. The molecule has 0 unspecified atom stereocenters. The number of rotatable bonds is 3. The SMILES string of the molecule is O=C(Cc1cc(Cl)cc2c1OCC2)c1ccc(I)cc1. The van der Waals surface area contributed by atoms with Gasteiger partial charge in [-0.1, -0.05) is 23.7 Å². The predicted octanol–water partition coefficient (Wildman–Crippen LogP) is 4.30. The van der Waals surface area contributed by atoms with Crippen LogP contribution >= 0.6 is 34.2 Å². The van der Waals surface area contributed by atoms with Crippen molar-refractivity contribution in [2.24, 2.45) is 0 Å². The summed E-state index contributed by atoms with van der Waals surface area (Å²) in [7, 11) is 0. The number of hydrogen-bond acceptors (Lipinski definition) is 2. The summed E-state index contributed by atoms with van der Waals surface area (Å²) >= 11 is 8.33. The Morgan fingerprint density at radius 1 is 1.25 bits per heavy atom. The quantitative estimate of drug-likeness (QED) is 0.569. The summed E-state index contributed by atoms with van der Waals surface area (Å²) in [5.41, 5.74) is 2.70. The molecule has 0 fully saturated rings. The van der Waals surface area contributed by atoms with E-state index in [0.717, 1.165) is 32.4 Å². The molecule has 4 heteroatoms. The zero-order valence-corrected chi connectivity index (χ0v) is 13.6. The van der Waals surface area contributed by atoms with Crippen LogP contribution in [0.2, 0.25) is 5.02 Å². The highest BCUT2D eigenvalue weighted by Gasteiger charge is 2.19. The van der Waals surface area contributed by atoms with Gasteiger partial charge in [0.2, 0.25) is 0 Å². The zero-order valence-electron chi connectivity index (χ0n) is 10.7. The topological polar surface area (TPSA) is 26.3 Å². The summed E-state index contributed by atoms with van der Waals surface area (Å²) in [4.78, 5) is 12.3. The van der Waals surface area contributed by atoms with E-state index in [0.29, 0.717) is 18.1 Å². The number of halogens is 2. The van der Waals surface area contributed by atoms with E-state index in [-0.39, 0.29) is 5.78 Å². The van der Waals surface area contributed by atoms with E-state index in [2.05, 4.69) is 22.6 Å². The number of Topliss-reactive ketones (excluding diaryl/α,β-unsaturated/α-hetero) is 1. The van der Waals surface area contributed by atoms with Crippen molar-refractivity contribution in [2.45, 2.75) is 12.8 Å². The Morgan fingerprint density at radius 3 is 2.75 bits per heavy atom. The Morgan fingerprint density at radius 2 is 2.00 bits per heavy atom. The van der Waals surface area contributed by atoms with Crippen molar-refractivity contribution >= 4 is 40.0 Å². The van der Waals surface area contributed by atoms with Crippen molar-refractivity contribution in [3.8, 4) is 5.75 Å². The smallest absolute Gasteiger partial charge is 0.167 e. The molecule has 0 amide bonds. The van der Waals surface area contributed by atoms with Crippen LogP contribution in [0.4, 0.5) is 0 Å². The normalized spacial score (nSPS) is 12.9. The molecule has 0 saturated carbocycles. The van der Waals surface area contributed by atoms with Gasteiger partial charge >= 0.3 is 0 Å². The van der Waals surface area contributed by atoms with Gasteiger partial charge < -0.3 is 4.74 Å². The van der Waals surface area contributed by atoms with Crippen LogP contribution in [0.1, 0.15) is 21.5 Å². The standard InChI is InChI=1S/C16H12ClIO2/c17-13-7-11-5-6-20-16(11)12(8-13)9-15(19)10-1-3-14(18)4-2-10/h1-4,7-8H,5-6,9H2. The van der Waals surface area contributed by atoms with Gasteiger partial charge in [0.05, 0.1) is 6.61 Å². The molecule has 102 valence electrons. The number of hydrogen-bond donors (Lipinski definition) is 0. The highest BCUT2D eigenvalue weighted by molar-refractivity contribution is 14.1. The summed E-state index contributed by atoms with van der Waals surface area (Å²) in [5.74, 6) is 0.926.